The Hall–Kier alpha value is -1.76. The Morgan fingerprint density at radius 1 is 1.00 bits per heavy atom. The Morgan fingerprint density at radius 3 is 2.20 bits per heavy atom. The van der Waals surface area contributed by atoms with Crippen LogP contribution < -0.4 is 0 Å². The summed E-state index contributed by atoms with van der Waals surface area (Å²) in [6.45, 7) is 7.64. The van der Waals surface area contributed by atoms with Gasteiger partial charge in [0.25, 0.3) is 0 Å². The molecule has 0 bridgehead atoms. The van der Waals surface area contributed by atoms with Gasteiger partial charge in [0.15, 0.2) is 0 Å². The van der Waals surface area contributed by atoms with Gasteiger partial charge in [0, 0.05) is 5.56 Å². The molecule has 2 aromatic rings. The van der Waals surface area contributed by atoms with Gasteiger partial charge in [0.2, 0.25) is 0 Å². The molecule has 0 aliphatic rings. The first-order valence-electron chi connectivity index (χ1n) is 5.18. The van der Waals surface area contributed by atoms with Gasteiger partial charge in [0.05, 0.1) is 0 Å². The van der Waals surface area contributed by atoms with E-state index in [1.54, 1.807) is 6.08 Å². The average Bonchev–Trinajstić information content (AvgIpc) is 2.81. The van der Waals surface area contributed by atoms with Crippen molar-refractivity contribution in [3.05, 3.63) is 54.8 Å². The Balaban J connectivity index is 0.000000531. The van der Waals surface area contributed by atoms with Crippen LogP contribution in [0.4, 0.5) is 0 Å². The molecule has 1 heteroatoms. The van der Waals surface area contributed by atoms with Crippen LogP contribution in [0.25, 0.3) is 17.4 Å². The molecule has 0 aliphatic carbocycles. The van der Waals surface area contributed by atoms with E-state index in [0.717, 1.165) is 17.1 Å². The Morgan fingerprint density at radius 2 is 1.67 bits per heavy atom. The molecule has 0 N–H and O–H groups in total. The van der Waals surface area contributed by atoms with Crippen LogP contribution in [0.2, 0.25) is 0 Å². The lowest BCUT2D eigenvalue weighted by Crippen LogP contribution is -1.69. The lowest BCUT2D eigenvalue weighted by Gasteiger charge is -1.93. The third-order valence-electron chi connectivity index (χ3n) is 1.89. The summed E-state index contributed by atoms with van der Waals surface area (Å²) in [5.41, 5.74) is 1.09. The van der Waals surface area contributed by atoms with Crippen LogP contribution in [-0.2, 0) is 0 Å². The molecule has 1 heterocycles. The molecule has 0 saturated carbocycles. The van der Waals surface area contributed by atoms with Gasteiger partial charge in [-0.3, -0.25) is 0 Å². The summed E-state index contributed by atoms with van der Waals surface area (Å²) in [7, 11) is 0. The van der Waals surface area contributed by atoms with Crippen molar-refractivity contribution in [1.29, 1.82) is 0 Å². The van der Waals surface area contributed by atoms with Gasteiger partial charge < -0.3 is 4.42 Å². The zero-order valence-corrected chi connectivity index (χ0v) is 9.23. The van der Waals surface area contributed by atoms with Crippen LogP contribution in [0, 0.1) is 0 Å². The highest BCUT2D eigenvalue weighted by Crippen LogP contribution is 2.21. The van der Waals surface area contributed by atoms with Crippen molar-refractivity contribution in [1.82, 2.24) is 0 Å². The van der Waals surface area contributed by atoms with Gasteiger partial charge in [-0.25, -0.2) is 0 Å². The first-order chi connectivity index (χ1) is 7.40. The zero-order chi connectivity index (χ0) is 11.1. The predicted molar refractivity (Wildman–Crippen MR) is 65.6 cm³/mol. The number of rotatable bonds is 2. The van der Waals surface area contributed by atoms with Crippen molar-refractivity contribution in [2.24, 2.45) is 0 Å². The average molecular weight is 200 g/mol. The molecule has 15 heavy (non-hydrogen) atoms. The minimum atomic E-state index is 0.804. The molecule has 0 unspecified atom stereocenters. The molecule has 0 spiro atoms. The van der Waals surface area contributed by atoms with E-state index in [0.29, 0.717) is 0 Å². The molecule has 0 aliphatic heterocycles. The first-order valence-corrected chi connectivity index (χ1v) is 5.18. The van der Waals surface area contributed by atoms with Crippen molar-refractivity contribution in [2.75, 3.05) is 0 Å². The van der Waals surface area contributed by atoms with E-state index in [9.17, 15) is 0 Å². The topological polar surface area (TPSA) is 13.1 Å². The zero-order valence-electron chi connectivity index (χ0n) is 9.23. The Bertz CT molecular complexity index is 398. The lowest BCUT2D eigenvalue weighted by molar-refractivity contribution is 0.572. The number of benzene rings is 1. The maximum Gasteiger partial charge on any atom is 0.134 e. The van der Waals surface area contributed by atoms with Gasteiger partial charge in [0.1, 0.15) is 11.5 Å². The summed E-state index contributed by atoms with van der Waals surface area (Å²) in [4.78, 5) is 0. The van der Waals surface area contributed by atoms with E-state index in [2.05, 4.69) is 6.58 Å². The largest absolute Gasteiger partial charge is 0.457 e. The Labute approximate surface area is 91.1 Å². The van der Waals surface area contributed by atoms with Crippen LogP contribution in [-0.4, -0.2) is 0 Å². The van der Waals surface area contributed by atoms with Gasteiger partial charge in [-0.1, -0.05) is 50.8 Å². The van der Waals surface area contributed by atoms with Crippen molar-refractivity contribution >= 4 is 6.08 Å². The number of furan rings is 1. The van der Waals surface area contributed by atoms with Crippen molar-refractivity contribution in [3.8, 4) is 11.3 Å². The molecule has 0 fully saturated rings. The molecule has 1 aromatic carbocycles. The predicted octanol–water partition coefficient (Wildman–Crippen LogP) is 4.62. The van der Waals surface area contributed by atoms with Crippen LogP contribution in [0.15, 0.2) is 53.5 Å². The summed E-state index contributed by atoms with van der Waals surface area (Å²) in [6.07, 6.45) is 1.70. The highest BCUT2D eigenvalue weighted by Gasteiger charge is 2.00. The maximum absolute atomic E-state index is 5.50. The van der Waals surface area contributed by atoms with Crippen molar-refractivity contribution in [2.45, 2.75) is 13.8 Å². The normalized spacial score (nSPS) is 8.93. The van der Waals surface area contributed by atoms with Crippen LogP contribution in [0.3, 0.4) is 0 Å². The second-order valence-corrected chi connectivity index (χ2v) is 2.77. The molecule has 2 rings (SSSR count). The summed E-state index contributed by atoms with van der Waals surface area (Å²) < 4.78 is 5.50. The standard InChI is InChI=1S/C12H10O.C2H6/c1-2-11-8-9-12(13-11)10-6-4-3-5-7-10;1-2/h2-9H,1H2;1-2H3. The van der Waals surface area contributed by atoms with Gasteiger partial charge in [-0.2, -0.15) is 0 Å². The third kappa shape index (κ3) is 2.84. The van der Waals surface area contributed by atoms with Crippen LogP contribution in [0.1, 0.15) is 19.6 Å². The van der Waals surface area contributed by atoms with Gasteiger partial charge in [-0.15, -0.1) is 0 Å². The quantitative estimate of drug-likeness (QED) is 0.689. The fraction of sp³-hybridized carbons (Fsp3) is 0.143. The van der Waals surface area contributed by atoms with Gasteiger partial charge in [-0.05, 0) is 18.2 Å². The van der Waals surface area contributed by atoms with E-state index in [4.69, 9.17) is 4.42 Å². The van der Waals surface area contributed by atoms with E-state index in [1.807, 2.05) is 56.3 Å². The highest BCUT2D eigenvalue weighted by atomic mass is 16.3. The molecular formula is C14H16O. The third-order valence-corrected chi connectivity index (χ3v) is 1.89. The van der Waals surface area contributed by atoms with E-state index >= 15 is 0 Å². The van der Waals surface area contributed by atoms with Crippen molar-refractivity contribution < 1.29 is 4.42 Å². The molecule has 0 radical (unpaired) electrons. The number of hydrogen-bond donors (Lipinski definition) is 0. The maximum atomic E-state index is 5.50. The summed E-state index contributed by atoms with van der Waals surface area (Å²) in [5.74, 6) is 1.69. The molecule has 1 nitrogen and oxygen atoms in total. The molecule has 78 valence electrons. The van der Waals surface area contributed by atoms with E-state index < -0.39 is 0 Å². The minimum absolute atomic E-state index is 0.804. The smallest absolute Gasteiger partial charge is 0.134 e. The first kappa shape index (κ1) is 11.3. The summed E-state index contributed by atoms with van der Waals surface area (Å²) in [6, 6.07) is 13.9. The number of hydrogen-bond acceptors (Lipinski definition) is 1. The fourth-order valence-electron chi connectivity index (χ4n) is 1.22. The van der Waals surface area contributed by atoms with E-state index in [-0.39, 0.29) is 0 Å². The van der Waals surface area contributed by atoms with Crippen LogP contribution in [0.5, 0.6) is 0 Å². The second-order valence-electron chi connectivity index (χ2n) is 2.77. The summed E-state index contributed by atoms with van der Waals surface area (Å²) >= 11 is 0. The second kappa shape index (κ2) is 5.86. The summed E-state index contributed by atoms with van der Waals surface area (Å²) in [5, 5.41) is 0. The molecule has 0 saturated heterocycles. The Kier molecular flexibility index (Phi) is 4.42. The fourth-order valence-corrected chi connectivity index (χ4v) is 1.22. The van der Waals surface area contributed by atoms with Crippen molar-refractivity contribution in [3.63, 3.8) is 0 Å². The van der Waals surface area contributed by atoms with E-state index in [1.165, 1.54) is 0 Å². The highest BCUT2D eigenvalue weighted by molar-refractivity contribution is 5.59. The van der Waals surface area contributed by atoms with Gasteiger partial charge >= 0.3 is 0 Å². The SMILES string of the molecule is C=Cc1ccc(-c2ccccc2)o1.CC. The molecular weight excluding hydrogens is 184 g/mol. The molecule has 1 aromatic heterocycles. The lowest BCUT2D eigenvalue weighted by atomic mass is 10.2. The van der Waals surface area contributed by atoms with Crippen LogP contribution >= 0.6 is 0 Å². The molecule has 0 atom stereocenters. The minimum Gasteiger partial charge on any atom is -0.457 e. The molecule has 0 amide bonds. The monoisotopic (exact) mass is 200 g/mol.